The smallest absolute Gasteiger partial charge is 0.144 e. The first kappa shape index (κ1) is 15.5. The molecule has 1 aromatic carbocycles. The molecule has 0 spiro atoms. The molecule has 3 nitrogen and oxygen atoms in total. The average molecular weight is 319 g/mol. The van der Waals surface area contributed by atoms with Crippen molar-refractivity contribution >= 4 is 34.2 Å². The SMILES string of the molecule is CCOC(C)Cn1c(CCCl)nc2cc(F)c(Cl)cc21. The molecule has 0 amide bonds. The van der Waals surface area contributed by atoms with Gasteiger partial charge in [0, 0.05) is 25.0 Å². The predicted octanol–water partition coefficient (Wildman–Crippen LogP) is 4.04. The molecule has 110 valence electrons. The molecule has 1 atom stereocenters. The van der Waals surface area contributed by atoms with Gasteiger partial charge >= 0.3 is 0 Å². The van der Waals surface area contributed by atoms with E-state index in [1.165, 1.54) is 6.07 Å². The van der Waals surface area contributed by atoms with E-state index < -0.39 is 5.82 Å². The number of nitrogens with zero attached hydrogens (tertiary/aromatic N) is 2. The van der Waals surface area contributed by atoms with Crippen molar-refractivity contribution in [3.63, 3.8) is 0 Å². The van der Waals surface area contributed by atoms with Crippen LogP contribution in [0.15, 0.2) is 12.1 Å². The fraction of sp³-hybridized carbons (Fsp3) is 0.500. The first-order valence-electron chi connectivity index (χ1n) is 6.58. The van der Waals surface area contributed by atoms with Crippen LogP contribution in [-0.2, 0) is 17.7 Å². The van der Waals surface area contributed by atoms with Gasteiger partial charge in [0.05, 0.1) is 28.7 Å². The lowest BCUT2D eigenvalue weighted by atomic mass is 10.3. The van der Waals surface area contributed by atoms with Crippen LogP contribution >= 0.6 is 23.2 Å². The van der Waals surface area contributed by atoms with Crippen molar-refractivity contribution in [2.45, 2.75) is 32.9 Å². The van der Waals surface area contributed by atoms with Crippen molar-refractivity contribution in [3.05, 3.63) is 28.8 Å². The quantitative estimate of drug-likeness (QED) is 0.752. The van der Waals surface area contributed by atoms with E-state index in [4.69, 9.17) is 27.9 Å². The number of ether oxygens (including phenoxy) is 1. The van der Waals surface area contributed by atoms with E-state index in [2.05, 4.69) is 4.98 Å². The lowest BCUT2D eigenvalue weighted by Crippen LogP contribution is -2.18. The molecular weight excluding hydrogens is 302 g/mol. The third-order valence-electron chi connectivity index (χ3n) is 3.08. The Hall–Kier alpha value is -0.840. The van der Waals surface area contributed by atoms with Crippen LogP contribution in [0.3, 0.4) is 0 Å². The number of halogens is 3. The van der Waals surface area contributed by atoms with Crippen LogP contribution in [-0.4, -0.2) is 28.1 Å². The number of rotatable bonds is 6. The Labute approximate surface area is 127 Å². The van der Waals surface area contributed by atoms with Crippen LogP contribution in [0.5, 0.6) is 0 Å². The molecule has 0 aliphatic heterocycles. The highest BCUT2D eigenvalue weighted by atomic mass is 35.5. The minimum atomic E-state index is -0.459. The molecule has 0 saturated carbocycles. The van der Waals surface area contributed by atoms with Gasteiger partial charge in [-0.15, -0.1) is 11.6 Å². The van der Waals surface area contributed by atoms with Crippen molar-refractivity contribution in [1.29, 1.82) is 0 Å². The van der Waals surface area contributed by atoms with E-state index >= 15 is 0 Å². The Morgan fingerprint density at radius 1 is 1.45 bits per heavy atom. The Kier molecular flexibility index (Phi) is 5.24. The molecule has 0 N–H and O–H groups in total. The second kappa shape index (κ2) is 6.74. The molecule has 0 aliphatic rings. The highest BCUT2D eigenvalue weighted by Gasteiger charge is 2.15. The Bertz CT molecular complexity index is 600. The Morgan fingerprint density at radius 3 is 2.85 bits per heavy atom. The maximum Gasteiger partial charge on any atom is 0.144 e. The monoisotopic (exact) mass is 318 g/mol. The normalized spacial score (nSPS) is 13.1. The summed E-state index contributed by atoms with van der Waals surface area (Å²) in [6.45, 7) is 5.23. The summed E-state index contributed by atoms with van der Waals surface area (Å²) in [7, 11) is 0. The summed E-state index contributed by atoms with van der Waals surface area (Å²) in [5, 5.41) is 0.0973. The number of hydrogen-bond acceptors (Lipinski definition) is 2. The van der Waals surface area contributed by atoms with E-state index in [1.54, 1.807) is 6.07 Å². The van der Waals surface area contributed by atoms with Gasteiger partial charge in [0.15, 0.2) is 0 Å². The van der Waals surface area contributed by atoms with Gasteiger partial charge in [-0.25, -0.2) is 9.37 Å². The van der Waals surface area contributed by atoms with Crippen LogP contribution in [0, 0.1) is 5.82 Å². The number of imidazole rings is 1. The summed E-state index contributed by atoms with van der Waals surface area (Å²) < 4.78 is 21.1. The van der Waals surface area contributed by atoms with Gasteiger partial charge in [-0.3, -0.25) is 0 Å². The van der Waals surface area contributed by atoms with Gasteiger partial charge in [0.2, 0.25) is 0 Å². The van der Waals surface area contributed by atoms with Crippen molar-refractivity contribution in [1.82, 2.24) is 9.55 Å². The summed E-state index contributed by atoms with van der Waals surface area (Å²) in [5.74, 6) is 0.824. The molecule has 6 heteroatoms. The first-order valence-corrected chi connectivity index (χ1v) is 7.49. The van der Waals surface area contributed by atoms with Gasteiger partial charge in [-0.05, 0) is 19.9 Å². The maximum atomic E-state index is 13.5. The zero-order chi connectivity index (χ0) is 14.7. The fourth-order valence-corrected chi connectivity index (χ4v) is 2.57. The van der Waals surface area contributed by atoms with Crippen LogP contribution < -0.4 is 0 Å². The number of benzene rings is 1. The minimum Gasteiger partial charge on any atom is -0.377 e. The third kappa shape index (κ3) is 3.25. The molecule has 20 heavy (non-hydrogen) atoms. The van der Waals surface area contributed by atoms with E-state index in [0.29, 0.717) is 31.0 Å². The standard InChI is InChI=1S/C14H17Cl2FN2O/c1-3-20-9(2)8-19-13-6-10(16)11(17)7-12(13)18-14(19)4-5-15/h6-7,9H,3-5,8H2,1-2H3. The Morgan fingerprint density at radius 2 is 2.20 bits per heavy atom. The van der Waals surface area contributed by atoms with Crippen LogP contribution in [0.4, 0.5) is 4.39 Å². The van der Waals surface area contributed by atoms with Gasteiger partial charge in [0.25, 0.3) is 0 Å². The van der Waals surface area contributed by atoms with Crippen molar-refractivity contribution in [3.8, 4) is 0 Å². The van der Waals surface area contributed by atoms with Crippen molar-refractivity contribution in [2.75, 3.05) is 12.5 Å². The molecule has 2 rings (SSSR count). The largest absolute Gasteiger partial charge is 0.377 e. The summed E-state index contributed by atoms with van der Waals surface area (Å²) in [6.07, 6.45) is 0.657. The van der Waals surface area contributed by atoms with Crippen molar-refractivity contribution in [2.24, 2.45) is 0 Å². The highest BCUT2D eigenvalue weighted by Crippen LogP contribution is 2.24. The number of aromatic nitrogens is 2. The average Bonchev–Trinajstić information content (AvgIpc) is 2.69. The maximum absolute atomic E-state index is 13.5. The summed E-state index contributed by atoms with van der Waals surface area (Å²) in [5.41, 5.74) is 1.40. The first-order chi connectivity index (χ1) is 9.56. The molecule has 1 aromatic heterocycles. The number of fused-ring (bicyclic) bond motifs is 1. The van der Waals surface area contributed by atoms with Crippen LogP contribution in [0.1, 0.15) is 19.7 Å². The molecule has 2 aromatic rings. The molecule has 1 heterocycles. The van der Waals surface area contributed by atoms with E-state index in [1.807, 2.05) is 18.4 Å². The van der Waals surface area contributed by atoms with Crippen LogP contribution in [0.2, 0.25) is 5.02 Å². The molecule has 1 unspecified atom stereocenters. The zero-order valence-electron chi connectivity index (χ0n) is 11.5. The van der Waals surface area contributed by atoms with E-state index in [-0.39, 0.29) is 11.1 Å². The number of aryl methyl sites for hydroxylation is 1. The van der Waals surface area contributed by atoms with Gasteiger partial charge in [0.1, 0.15) is 11.6 Å². The van der Waals surface area contributed by atoms with Crippen molar-refractivity contribution < 1.29 is 9.13 Å². The summed E-state index contributed by atoms with van der Waals surface area (Å²) >= 11 is 11.7. The predicted molar refractivity (Wildman–Crippen MR) is 80.2 cm³/mol. The summed E-state index contributed by atoms with van der Waals surface area (Å²) in [6, 6.07) is 2.97. The minimum absolute atomic E-state index is 0.0373. The molecule has 0 radical (unpaired) electrons. The molecular formula is C14H17Cl2FN2O. The lowest BCUT2D eigenvalue weighted by molar-refractivity contribution is 0.0643. The molecule has 0 saturated heterocycles. The van der Waals surface area contributed by atoms with E-state index in [0.717, 1.165) is 11.3 Å². The second-order valence-electron chi connectivity index (χ2n) is 4.60. The van der Waals surface area contributed by atoms with Gasteiger partial charge in [-0.2, -0.15) is 0 Å². The van der Waals surface area contributed by atoms with Gasteiger partial charge in [-0.1, -0.05) is 11.6 Å². The number of alkyl halides is 1. The van der Waals surface area contributed by atoms with Gasteiger partial charge < -0.3 is 9.30 Å². The zero-order valence-corrected chi connectivity index (χ0v) is 13.0. The number of hydrogen-bond donors (Lipinski definition) is 0. The van der Waals surface area contributed by atoms with Crippen LogP contribution in [0.25, 0.3) is 11.0 Å². The lowest BCUT2D eigenvalue weighted by Gasteiger charge is -2.15. The topological polar surface area (TPSA) is 27.1 Å². The molecule has 0 bridgehead atoms. The molecule has 0 fully saturated rings. The Balaban J connectivity index is 2.47. The second-order valence-corrected chi connectivity index (χ2v) is 5.38. The summed E-state index contributed by atoms with van der Waals surface area (Å²) in [4.78, 5) is 4.44. The third-order valence-corrected chi connectivity index (χ3v) is 3.56. The van der Waals surface area contributed by atoms with E-state index in [9.17, 15) is 4.39 Å². The molecule has 0 aliphatic carbocycles. The fourth-order valence-electron chi connectivity index (χ4n) is 2.24. The highest BCUT2D eigenvalue weighted by molar-refractivity contribution is 6.31.